The average molecular weight is 256 g/mol. The van der Waals surface area contributed by atoms with E-state index in [2.05, 4.69) is 11.7 Å². The molecule has 1 aromatic rings. The minimum Gasteiger partial charge on any atom is -0.490 e. The zero-order valence-corrected chi connectivity index (χ0v) is 10.4. The first kappa shape index (κ1) is 13.1. The molecule has 0 bridgehead atoms. The second-order valence-corrected chi connectivity index (χ2v) is 4.85. The van der Waals surface area contributed by atoms with Gasteiger partial charge in [-0.1, -0.05) is 6.92 Å². The standard InChI is InChI=1S/C14H18F2O2/c1-10-2-4-11(5-3-10)17-12-6-8-13(9-7-12)18-14(15)16/h6-11,14H,2-5H2,1H3. The van der Waals surface area contributed by atoms with E-state index in [-0.39, 0.29) is 11.9 Å². The van der Waals surface area contributed by atoms with Gasteiger partial charge in [0, 0.05) is 0 Å². The summed E-state index contributed by atoms with van der Waals surface area (Å²) in [6.45, 7) is -0.524. The minimum atomic E-state index is -2.78. The Morgan fingerprint density at radius 1 is 1.00 bits per heavy atom. The maximum Gasteiger partial charge on any atom is 0.387 e. The van der Waals surface area contributed by atoms with E-state index in [4.69, 9.17) is 4.74 Å². The van der Waals surface area contributed by atoms with E-state index in [1.165, 1.54) is 25.0 Å². The van der Waals surface area contributed by atoms with E-state index < -0.39 is 6.61 Å². The van der Waals surface area contributed by atoms with Gasteiger partial charge in [-0.25, -0.2) is 0 Å². The molecule has 100 valence electrons. The molecule has 4 heteroatoms. The van der Waals surface area contributed by atoms with Gasteiger partial charge in [-0.3, -0.25) is 0 Å². The second-order valence-electron chi connectivity index (χ2n) is 4.85. The first-order chi connectivity index (χ1) is 8.63. The smallest absolute Gasteiger partial charge is 0.387 e. The predicted octanol–water partition coefficient (Wildman–Crippen LogP) is 4.25. The van der Waals surface area contributed by atoms with E-state index in [0.717, 1.165) is 24.5 Å². The number of alkyl halides is 2. The van der Waals surface area contributed by atoms with Crippen LogP contribution in [0.15, 0.2) is 24.3 Å². The van der Waals surface area contributed by atoms with Crippen molar-refractivity contribution in [3.63, 3.8) is 0 Å². The number of hydrogen-bond donors (Lipinski definition) is 0. The second kappa shape index (κ2) is 6.03. The molecule has 1 aliphatic carbocycles. The summed E-state index contributed by atoms with van der Waals surface area (Å²) in [5, 5.41) is 0. The molecule has 0 saturated heterocycles. The fraction of sp³-hybridized carbons (Fsp3) is 0.571. The van der Waals surface area contributed by atoms with Gasteiger partial charge in [0.1, 0.15) is 11.5 Å². The van der Waals surface area contributed by atoms with Crippen LogP contribution in [0, 0.1) is 5.92 Å². The molecule has 0 atom stereocenters. The maximum atomic E-state index is 12.0. The number of ether oxygens (including phenoxy) is 2. The summed E-state index contributed by atoms with van der Waals surface area (Å²) in [5.74, 6) is 1.66. The lowest BCUT2D eigenvalue weighted by Crippen LogP contribution is -2.22. The van der Waals surface area contributed by atoms with Gasteiger partial charge in [0.25, 0.3) is 0 Å². The number of benzene rings is 1. The molecule has 1 saturated carbocycles. The van der Waals surface area contributed by atoms with Crippen molar-refractivity contribution in [1.82, 2.24) is 0 Å². The van der Waals surface area contributed by atoms with Gasteiger partial charge in [-0.2, -0.15) is 8.78 Å². The van der Waals surface area contributed by atoms with Gasteiger partial charge >= 0.3 is 6.61 Å². The van der Waals surface area contributed by atoms with Crippen molar-refractivity contribution in [2.45, 2.75) is 45.3 Å². The van der Waals surface area contributed by atoms with Gasteiger partial charge in [0.05, 0.1) is 6.10 Å². The quantitative estimate of drug-likeness (QED) is 0.802. The SMILES string of the molecule is CC1CCC(Oc2ccc(OC(F)F)cc2)CC1. The van der Waals surface area contributed by atoms with Crippen molar-refractivity contribution in [3.05, 3.63) is 24.3 Å². The Morgan fingerprint density at radius 3 is 2.11 bits per heavy atom. The molecule has 0 aliphatic heterocycles. The molecule has 0 spiro atoms. The molecule has 18 heavy (non-hydrogen) atoms. The van der Waals surface area contributed by atoms with E-state index in [9.17, 15) is 8.78 Å². The molecule has 0 amide bonds. The third-order valence-corrected chi connectivity index (χ3v) is 3.31. The molecule has 0 unspecified atom stereocenters. The van der Waals surface area contributed by atoms with Crippen LogP contribution in [0.25, 0.3) is 0 Å². The van der Waals surface area contributed by atoms with Crippen LogP contribution in [0.3, 0.4) is 0 Å². The highest BCUT2D eigenvalue weighted by atomic mass is 19.3. The highest BCUT2D eigenvalue weighted by Gasteiger charge is 2.19. The van der Waals surface area contributed by atoms with E-state index in [1.54, 1.807) is 12.1 Å². The molecule has 0 heterocycles. The molecule has 2 nitrogen and oxygen atoms in total. The molecule has 0 aromatic heterocycles. The van der Waals surface area contributed by atoms with Crippen LogP contribution in [0.5, 0.6) is 11.5 Å². The normalized spacial score (nSPS) is 24.0. The summed E-state index contributed by atoms with van der Waals surface area (Å²) in [7, 11) is 0. The number of rotatable bonds is 4. The maximum absolute atomic E-state index is 12.0. The van der Waals surface area contributed by atoms with Crippen molar-refractivity contribution >= 4 is 0 Å². The molecule has 2 rings (SSSR count). The highest BCUT2D eigenvalue weighted by molar-refractivity contribution is 5.31. The summed E-state index contributed by atoms with van der Waals surface area (Å²) in [6.07, 6.45) is 4.77. The first-order valence-corrected chi connectivity index (χ1v) is 6.35. The van der Waals surface area contributed by atoms with E-state index in [1.807, 2.05) is 0 Å². The van der Waals surface area contributed by atoms with Crippen LogP contribution in [-0.2, 0) is 0 Å². The Balaban J connectivity index is 1.86. The summed E-state index contributed by atoms with van der Waals surface area (Å²) >= 11 is 0. The fourth-order valence-electron chi connectivity index (χ4n) is 2.24. The molecule has 1 aromatic carbocycles. The third-order valence-electron chi connectivity index (χ3n) is 3.31. The lowest BCUT2D eigenvalue weighted by molar-refractivity contribution is -0.0498. The van der Waals surface area contributed by atoms with E-state index >= 15 is 0 Å². The van der Waals surface area contributed by atoms with Crippen LogP contribution in [0.4, 0.5) is 8.78 Å². The van der Waals surface area contributed by atoms with Crippen LogP contribution < -0.4 is 9.47 Å². The Morgan fingerprint density at radius 2 is 1.56 bits per heavy atom. The van der Waals surface area contributed by atoms with Crippen molar-refractivity contribution in [2.75, 3.05) is 0 Å². The molecule has 1 aliphatic rings. The molecular formula is C14H18F2O2. The lowest BCUT2D eigenvalue weighted by Gasteiger charge is -2.26. The molecular weight excluding hydrogens is 238 g/mol. The third kappa shape index (κ3) is 3.86. The number of halogens is 2. The largest absolute Gasteiger partial charge is 0.490 e. The highest BCUT2D eigenvalue weighted by Crippen LogP contribution is 2.28. The topological polar surface area (TPSA) is 18.5 Å². The first-order valence-electron chi connectivity index (χ1n) is 6.35. The molecule has 1 fully saturated rings. The van der Waals surface area contributed by atoms with Crippen LogP contribution >= 0.6 is 0 Å². The minimum absolute atomic E-state index is 0.162. The van der Waals surface area contributed by atoms with Crippen LogP contribution in [0.2, 0.25) is 0 Å². The van der Waals surface area contributed by atoms with Crippen molar-refractivity contribution in [2.24, 2.45) is 5.92 Å². The Hall–Kier alpha value is -1.32. The van der Waals surface area contributed by atoms with E-state index in [0.29, 0.717) is 0 Å². The Labute approximate surface area is 106 Å². The van der Waals surface area contributed by atoms with Crippen molar-refractivity contribution in [3.8, 4) is 11.5 Å². The van der Waals surface area contributed by atoms with Gasteiger partial charge in [0.15, 0.2) is 0 Å². The fourth-order valence-corrected chi connectivity index (χ4v) is 2.24. The van der Waals surface area contributed by atoms with Gasteiger partial charge in [-0.05, 0) is 55.9 Å². The molecule has 0 N–H and O–H groups in total. The Bertz CT molecular complexity index is 357. The zero-order chi connectivity index (χ0) is 13.0. The Kier molecular flexibility index (Phi) is 4.39. The number of hydrogen-bond acceptors (Lipinski definition) is 2. The summed E-state index contributed by atoms with van der Waals surface area (Å²) in [5.41, 5.74) is 0. The summed E-state index contributed by atoms with van der Waals surface area (Å²) in [4.78, 5) is 0. The van der Waals surface area contributed by atoms with Gasteiger partial charge in [-0.15, -0.1) is 0 Å². The zero-order valence-electron chi connectivity index (χ0n) is 10.4. The van der Waals surface area contributed by atoms with Crippen LogP contribution in [0.1, 0.15) is 32.6 Å². The monoisotopic (exact) mass is 256 g/mol. The van der Waals surface area contributed by atoms with Gasteiger partial charge < -0.3 is 9.47 Å². The lowest BCUT2D eigenvalue weighted by atomic mass is 9.89. The van der Waals surface area contributed by atoms with Crippen molar-refractivity contribution in [1.29, 1.82) is 0 Å². The average Bonchev–Trinajstić information content (AvgIpc) is 2.34. The predicted molar refractivity (Wildman–Crippen MR) is 65.1 cm³/mol. The summed E-state index contributed by atoms with van der Waals surface area (Å²) < 4.78 is 34.1. The van der Waals surface area contributed by atoms with Crippen LogP contribution in [-0.4, -0.2) is 12.7 Å². The molecule has 0 radical (unpaired) electrons. The van der Waals surface area contributed by atoms with Gasteiger partial charge in [0.2, 0.25) is 0 Å². The van der Waals surface area contributed by atoms with Crippen molar-refractivity contribution < 1.29 is 18.3 Å². The summed E-state index contributed by atoms with van der Waals surface area (Å²) in [6, 6.07) is 6.37.